The van der Waals surface area contributed by atoms with Gasteiger partial charge in [0.2, 0.25) is 0 Å². The molecule has 0 saturated carbocycles. The second kappa shape index (κ2) is 7.34. The van der Waals surface area contributed by atoms with Crippen molar-refractivity contribution in [2.45, 2.75) is 25.4 Å². The summed E-state index contributed by atoms with van der Waals surface area (Å²) in [6.07, 6.45) is 0.935. The van der Waals surface area contributed by atoms with Gasteiger partial charge in [-0.25, -0.2) is 4.39 Å². The topological polar surface area (TPSA) is 18.5 Å². The molecule has 0 radical (unpaired) electrons. The highest BCUT2D eigenvalue weighted by molar-refractivity contribution is 5.21. The summed E-state index contributed by atoms with van der Waals surface area (Å²) in [6.45, 7) is 5.57. The second-order valence-corrected chi connectivity index (χ2v) is 6.42. The molecule has 0 aromatic heterocycles. The molecule has 3 nitrogen and oxygen atoms in total. The van der Waals surface area contributed by atoms with Crippen molar-refractivity contribution >= 4 is 0 Å². The van der Waals surface area contributed by atoms with Crippen molar-refractivity contribution < 1.29 is 4.39 Å². The zero-order chi connectivity index (χ0) is 15.4. The van der Waals surface area contributed by atoms with Crippen molar-refractivity contribution in [3.05, 3.63) is 35.6 Å². The van der Waals surface area contributed by atoms with Crippen LogP contribution in [0.4, 0.5) is 4.39 Å². The number of hydrogen-bond donors (Lipinski definition) is 1. The van der Waals surface area contributed by atoms with Gasteiger partial charge in [-0.1, -0.05) is 25.1 Å². The Hall–Kier alpha value is -0.970. The van der Waals surface area contributed by atoms with Crippen molar-refractivity contribution in [1.29, 1.82) is 0 Å². The van der Waals surface area contributed by atoms with Crippen LogP contribution in [0.25, 0.3) is 0 Å². The number of likely N-dealkylation sites (tertiary alicyclic amines) is 1. The first kappa shape index (κ1) is 16.4. The Morgan fingerprint density at radius 1 is 1.33 bits per heavy atom. The Balaban J connectivity index is 1.91. The number of rotatable bonds is 6. The zero-order valence-electron chi connectivity index (χ0n) is 13.6. The molecule has 0 aliphatic carbocycles. The van der Waals surface area contributed by atoms with Crippen LogP contribution in [0.5, 0.6) is 0 Å². The number of likely N-dealkylation sites (N-methyl/N-ethyl adjacent to an activating group) is 1. The molecule has 2 rings (SSSR count). The SMILES string of the molecule is CNC(CCN1CC(C)C(N(C)C)C1)c1ccccc1F. The molecule has 1 aliphatic heterocycles. The molecule has 1 N–H and O–H groups in total. The van der Waals surface area contributed by atoms with Crippen LogP contribution in [0.3, 0.4) is 0 Å². The highest BCUT2D eigenvalue weighted by Crippen LogP contribution is 2.24. The average molecular weight is 293 g/mol. The molecule has 21 heavy (non-hydrogen) atoms. The van der Waals surface area contributed by atoms with Crippen LogP contribution in [0.2, 0.25) is 0 Å². The van der Waals surface area contributed by atoms with Crippen LogP contribution in [0, 0.1) is 11.7 Å². The quantitative estimate of drug-likeness (QED) is 0.868. The third-order valence-electron chi connectivity index (χ3n) is 4.67. The molecular weight excluding hydrogens is 265 g/mol. The molecule has 4 heteroatoms. The molecule has 0 spiro atoms. The van der Waals surface area contributed by atoms with E-state index in [1.165, 1.54) is 0 Å². The Bertz CT molecular complexity index is 449. The normalized spacial score (nSPS) is 24.7. The summed E-state index contributed by atoms with van der Waals surface area (Å²) in [5.41, 5.74) is 0.774. The molecule has 1 aromatic rings. The third kappa shape index (κ3) is 4.02. The van der Waals surface area contributed by atoms with Crippen molar-refractivity contribution in [3.8, 4) is 0 Å². The van der Waals surface area contributed by atoms with Crippen LogP contribution < -0.4 is 5.32 Å². The van der Waals surface area contributed by atoms with E-state index in [1.807, 2.05) is 19.2 Å². The van der Waals surface area contributed by atoms with Crippen LogP contribution in [-0.2, 0) is 0 Å². The standard InChI is InChI=1S/C17H28FN3/c1-13-11-21(12-17(13)20(3)4)10-9-16(19-2)14-7-5-6-8-15(14)18/h5-8,13,16-17,19H,9-12H2,1-4H3. The van der Waals surface area contributed by atoms with E-state index in [2.05, 4.69) is 36.1 Å². The zero-order valence-corrected chi connectivity index (χ0v) is 13.6. The molecule has 3 atom stereocenters. The second-order valence-electron chi connectivity index (χ2n) is 6.42. The summed E-state index contributed by atoms with van der Waals surface area (Å²) in [5, 5.41) is 3.25. The lowest BCUT2D eigenvalue weighted by Crippen LogP contribution is -2.34. The van der Waals surface area contributed by atoms with E-state index in [4.69, 9.17) is 0 Å². The van der Waals surface area contributed by atoms with Crippen LogP contribution in [0.1, 0.15) is 24.9 Å². The van der Waals surface area contributed by atoms with Crippen LogP contribution in [0.15, 0.2) is 24.3 Å². The van der Waals surface area contributed by atoms with Gasteiger partial charge in [-0.3, -0.25) is 0 Å². The van der Waals surface area contributed by atoms with Crippen molar-refractivity contribution in [2.24, 2.45) is 5.92 Å². The third-order valence-corrected chi connectivity index (χ3v) is 4.67. The maximum atomic E-state index is 13.9. The predicted octanol–water partition coefficient (Wildman–Crippen LogP) is 2.36. The highest BCUT2D eigenvalue weighted by Gasteiger charge is 2.30. The summed E-state index contributed by atoms with van der Waals surface area (Å²) in [7, 11) is 6.22. The van der Waals surface area contributed by atoms with E-state index in [1.54, 1.807) is 12.1 Å². The van der Waals surface area contributed by atoms with Crippen LogP contribution in [-0.4, -0.2) is 56.6 Å². The minimum Gasteiger partial charge on any atom is -0.313 e. The van der Waals surface area contributed by atoms with E-state index in [0.717, 1.165) is 31.6 Å². The maximum absolute atomic E-state index is 13.9. The summed E-state index contributed by atoms with van der Waals surface area (Å²) in [4.78, 5) is 4.82. The summed E-state index contributed by atoms with van der Waals surface area (Å²) in [6, 6.07) is 7.79. The number of nitrogens with one attached hydrogen (secondary N) is 1. The van der Waals surface area contributed by atoms with Gasteiger partial charge >= 0.3 is 0 Å². The molecule has 1 saturated heterocycles. The summed E-state index contributed by atoms with van der Waals surface area (Å²) >= 11 is 0. The van der Waals surface area contributed by atoms with Gasteiger partial charge in [0, 0.05) is 37.3 Å². The van der Waals surface area contributed by atoms with E-state index < -0.39 is 0 Å². The molecule has 3 unspecified atom stereocenters. The molecule has 0 amide bonds. The van der Waals surface area contributed by atoms with Gasteiger partial charge in [0.15, 0.2) is 0 Å². The molecule has 1 heterocycles. The first-order valence-corrected chi connectivity index (χ1v) is 7.83. The summed E-state index contributed by atoms with van der Waals surface area (Å²) < 4.78 is 13.9. The Morgan fingerprint density at radius 3 is 2.62 bits per heavy atom. The van der Waals surface area contributed by atoms with Gasteiger partial charge in [0.1, 0.15) is 5.82 Å². The number of hydrogen-bond acceptors (Lipinski definition) is 3. The van der Waals surface area contributed by atoms with Crippen LogP contribution >= 0.6 is 0 Å². The Morgan fingerprint density at radius 2 is 2.05 bits per heavy atom. The van der Waals surface area contributed by atoms with Gasteiger partial charge in [0.25, 0.3) is 0 Å². The minimum atomic E-state index is -0.113. The van der Waals surface area contributed by atoms with Gasteiger partial charge < -0.3 is 15.1 Å². The fraction of sp³-hybridized carbons (Fsp3) is 0.647. The molecule has 1 aromatic carbocycles. The molecular formula is C17H28FN3. The first-order valence-electron chi connectivity index (χ1n) is 7.83. The number of benzene rings is 1. The lowest BCUT2D eigenvalue weighted by Gasteiger charge is -2.23. The predicted molar refractivity (Wildman–Crippen MR) is 85.9 cm³/mol. The molecule has 1 aliphatic rings. The van der Waals surface area contributed by atoms with Gasteiger partial charge in [-0.2, -0.15) is 0 Å². The fourth-order valence-electron chi connectivity index (χ4n) is 3.43. The van der Waals surface area contributed by atoms with Gasteiger partial charge in [-0.15, -0.1) is 0 Å². The highest BCUT2D eigenvalue weighted by atomic mass is 19.1. The summed E-state index contributed by atoms with van der Waals surface area (Å²) in [5.74, 6) is 0.583. The maximum Gasteiger partial charge on any atom is 0.127 e. The molecule has 118 valence electrons. The number of halogens is 1. The van der Waals surface area contributed by atoms with E-state index in [9.17, 15) is 4.39 Å². The van der Waals surface area contributed by atoms with E-state index >= 15 is 0 Å². The van der Waals surface area contributed by atoms with Gasteiger partial charge in [0.05, 0.1) is 0 Å². The first-order chi connectivity index (χ1) is 10.0. The van der Waals surface area contributed by atoms with Crippen molar-refractivity contribution in [3.63, 3.8) is 0 Å². The van der Waals surface area contributed by atoms with Crippen molar-refractivity contribution in [1.82, 2.24) is 15.1 Å². The smallest absolute Gasteiger partial charge is 0.127 e. The lowest BCUT2D eigenvalue weighted by molar-refractivity contribution is 0.248. The molecule has 1 fully saturated rings. The number of nitrogens with zero attached hydrogens (tertiary/aromatic N) is 2. The lowest BCUT2D eigenvalue weighted by atomic mass is 10.0. The minimum absolute atomic E-state index is 0.0833. The van der Waals surface area contributed by atoms with E-state index in [0.29, 0.717) is 12.0 Å². The monoisotopic (exact) mass is 293 g/mol. The fourth-order valence-corrected chi connectivity index (χ4v) is 3.43. The van der Waals surface area contributed by atoms with Gasteiger partial charge in [-0.05, 0) is 39.5 Å². The Labute approximate surface area is 128 Å². The average Bonchev–Trinajstić information content (AvgIpc) is 2.82. The van der Waals surface area contributed by atoms with Crippen molar-refractivity contribution in [2.75, 3.05) is 40.8 Å². The van der Waals surface area contributed by atoms with E-state index in [-0.39, 0.29) is 11.9 Å². The molecule has 0 bridgehead atoms. The Kier molecular flexibility index (Phi) is 5.73. The largest absolute Gasteiger partial charge is 0.313 e.